The van der Waals surface area contributed by atoms with E-state index in [1.165, 1.54) is 0 Å². The number of carbonyl (C=O) groups excluding carboxylic acids is 3. The first-order valence-corrected chi connectivity index (χ1v) is 13.9. The maximum atomic E-state index is 13.2. The van der Waals surface area contributed by atoms with Crippen LogP contribution in [0.15, 0.2) is 18.2 Å². The highest BCUT2D eigenvalue weighted by Crippen LogP contribution is 2.32. The van der Waals surface area contributed by atoms with Crippen molar-refractivity contribution in [2.75, 3.05) is 88.9 Å². The van der Waals surface area contributed by atoms with Gasteiger partial charge in [0.05, 0.1) is 24.6 Å². The van der Waals surface area contributed by atoms with E-state index in [1.54, 1.807) is 0 Å². The fourth-order valence-electron chi connectivity index (χ4n) is 5.82. The van der Waals surface area contributed by atoms with Gasteiger partial charge < -0.3 is 35.0 Å². The number of carbonyl (C=O) groups is 3. The van der Waals surface area contributed by atoms with E-state index in [-0.39, 0.29) is 23.8 Å². The minimum absolute atomic E-state index is 0.00237. The van der Waals surface area contributed by atoms with Gasteiger partial charge in [-0.25, -0.2) is 4.79 Å². The molecule has 3 aliphatic heterocycles. The molecule has 1 aromatic carbocycles. The number of morpholine rings is 1. The molecule has 1 saturated carbocycles. The predicted octanol–water partition coefficient (Wildman–Crippen LogP) is 1.83. The van der Waals surface area contributed by atoms with Gasteiger partial charge in [-0.2, -0.15) is 0 Å². The Morgan fingerprint density at radius 1 is 0.811 bits per heavy atom. The summed E-state index contributed by atoms with van der Waals surface area (Å²) in [7, 11) is 0. The summed E-state index contributed by atoms with van der Waals surface area (Å²) < 4.78 is 5.40. The Balaban J connectivity index is 1.33. The lowest BCUT2D eigenvalue weighted by Crippen LogP contribution is -2.49. The summed E-state index contributed by atoms with van der Waals surface area (Å²) in [5, 5.41) is 6.47. The molecule has 2 N–H and O–H groups in total. The van der Waals surface area contributed by atoms with Crippen molar-refractivity contribution in [2.24, 2.45) is 5.92 Å². The maximum Gasteiger partial charge on any atom is 0.320 e. The number of rotatable bonds is 4. The van der Waals surface area contributed by atoms with Gasteiger partial charge in [-0.1, -0.05) is 12.8 Å². The summed E-state index contributed by atoms with van der Waals surface area (Å²) in [4.78, 5) is 47.3. The Morgan fingerprint density at radius 2 is 1.54 bits per heavy atom. The number of hydrogen-bond acceptors (Lipinski definition) is 6. The monoisotopic (exact) mass is 512 g/mol. The molecule has 3 heterocycles. The van der Waals surface area contributed by atoms with E-state index in [1.807, 2.05) is 32.9 Å². The third kappa shape index (κ3) is 6.18. The normalized spacial score (nSPS) is 21.6. The summed E-state index contributed by atoms with van der Waals surface area (Å²) in [6, 6.07) is 5.79. The second-order valence-corrected chi connectivity index (χ2v) is 10.5. The van der Waals surface area contributed by atoms with E-state index in [0.717, 1.165) is 57.4 Å². The van der Waals surface area contributed by atoms with Gasteiger partial charge in [-0.15, -0.1) is 0 Å². The number of benzene rings is 1. The standard InChI is InChI=1S/C27H40N6O4/c34-25(21-4-1-2-5-21)29-23-20-22(26(35)31-12-8-28-9-13-31)6-7-24(23)30-10-3-11-32(15-14-30)27(36)33-16-18-37-19-17-33/h6-7,20-21,28H,1-5,8-19H2,(H,29,34). The highest BCUT2D eigenvalue weighted by Gasteiger charge is 2.28. The van der Waals surface area contributed by atoms with Gasteiger partial charge in [-0.05, 0) is 37.5 Å². The molecule has 37 heavy (non-hydrogen) atoms. The molecule has 10 nitrogen and oxygen atoms in total. The number of urea groups is 1. The summed E-state index contributed by atoms with van der Waals surface area (Å²) in [5.41, 5.74) is 2.22. The molecule has 1 aliphatic carbocycles. The largest absolute Gasteiger partial charge is 0.378 e. The van der Waals surface area contributed by atoms with Crippen molar-refractivity contribution in [1.82, 2.24) is 20.0 Å². The van der Waals surface area contributed by atoms with Crippen LogP contribution in [0, 0.1) is 5.92 Å². The minimum atomic E-state index is 0.00237. The van der Waals surface area contributed by atoms with E-state index in [9.17, 15) is 14.4 Å². The Hall–Kier alpha value is -2.85. The molecule has 4 aliphatic rings. The fraction of sp³-hybridized carbons (Fsp3) is 0.667. The Kier molecular flexibility index (Phi) is 8.45. The van der Waals surface area contributed by atoms with Crippen LogP contribution in [-0.2, 0) is 9.53 Å². The average molecular weight is 513 g/mol. The van der Waals surface area contributed by atoms with Crippen molar-refractivity contribution in [3.8, 4) is 0 Å². The fourth-order valence-corrected chi connectivity index (χ4v) is 5.82. The van der Waals surface area contributed by atoms with Crippen LogP contribution >= 0.6 is 0 Å². The van der Waals surface area contributed by atoms with Crippen molar-refractivity contribution in [1.29, 1.82) is 0 Å². The Bertz CT molecular complexity index is 970. The van der Waals surface area contributed by atoms with Crippen molar-refractivity contribution < 1.29 is 19.1 Å². The number of ether oxygens (including phenoxy) is 1. The smallest absolute Gasteiger partial charge is 0.320 e. The molecule has 0 atom stereocenters. The predicted molar refractivity (Wildman–Crippen MR) is 142 cm³/mol. The quantitative estimate of drug-likeness (QED) is 0.639. The Labute approximate surface area is 219 Å². The number of nitrogens with zero attached hydrogens (tertiary/aromatic N) is 4. The average Bonchev–Trinajstić information content (AvgIpc) is 3.39. The van der Waals surface area contributed by atoms with Gasteiger partial charge >= 0.3 is 6.03 Å². The van der Waals surface area contributed by atoms with Crippen molar-refractivity contribution in [3.63, 3.8) is 0 Å². The number of piperazine rings is 1. The zero-order valence-corrected chi connectivity index (χ0v) is 21.8. The molecular weight excluding hydrogens is 472 g/mol. The second kappa shape index (κ2) is 12.1. The molecule has 3 saturated heterocycles. The van der Waals surface area contributed by atoms with Gasteiger partial charge in [0.1, 0.15) is 0 Å². The molecule has 0 bridgehead atoms. The first-order chi connectivity index (χ1) is 18.1. The zero-order chi connectivity index (χ0) is 25.6. The van der Waals surface area contributed by atoms with Crippen LogP contribution in [-0.4, -0.2) is 111 Å². The van der Waals surface area contributed by atoms with E-state index in [2.05, 4.69) is 15.5 Å². The number of amides is 4. The van der Waals surface area contributed by atoms with Crippen LogP contribution in [0.1, 0.15) is 42.5 Å². The third-order valence-electron chi connectivity index (χ3n) is 8.02. The van der Waals surface area contributed by atoms with Gasteiger partial charge in [-0.3, -0.25) is 9.59 Å². The molecule has 4 amide bonds. The molecule has 4 fully saturated rings. The molecule has 0 aromatic heterocycles. The van der Waals surface area contributed by atoms with Gasteiger partial charge in [0.25, 0.3) is 5.91 Å². The third-order valence-corrected chi connectivity index (χ3v) is 8.02. The summed E-state index contributed by atoms with van der Waals surface area (Å²) in [6.45, 7) is 8.20. The Morgan fingerprint density at radius 3 is 2.30 bits per heavy atom. The highest BCUT2D eigenvalue weighted by atomic mass is 16.5. The summed E-state index contributed by atoms with van der Waals surface area (Å²) >= 11 is 0. The summed E-state index contributed by atoms with van der Waals surface area (Å²) in [5.74, 6) is 0.0816. The van der Waals surface area contributed by atoms with Crippen LogP contribution < -0.4 is 15.5 Å². The zero-order valence-electron chi connectivity index (χ0n) is 21.8. The number of nitrogens with one attached hydrogen (secondary N) is 2. The van der Waals surface area contributed by atoms with E-state index >= 15 is 0 Å². The number of anilines is 2. The van der Waals surface area contributed by atoms with Crippen molar-refractivity contribution >= 4 is 29.2 Å². The van der Waals surface area contributed by atoms with Gasteiger partial charge in [0.2, 0.25) is 5.91 Å². The minimum Gasteiger partial charge on any atom is -0.378 e. The number of hydrogen-bond donors (Lipinski definition) is 2. The molecular formula is C27H40N6O4. The summed E-state index contributed by atoms with van der Waals surface area (Å²) in [6.07, 6.45) is 4.86. The first-order valence-electron chi connectivity index (χ1n) is 13.9. The topological polar surface area (TPSA) is 97.5 Å². The molecule has 0 spiro atoms. The van der Waals surface area contributed by atoms with Crippen LogP contribution in [0.4, 0.5) is 16.2 Å². The first kappa shape index (κ1) is 25.8. The molecule has 1 aromatic rings. The van der Waals surface area contributed by atoms with E-state index < -0.39 is 0 Å². The second-order valence-electron chi connectivity index (χ2n) is 10.5. The van der Waals surface area contributed by atoms with Crippen molar-refractivity contribution in [2.45, 2.75) is 32.1 Å². The van der Waals surface area contributed by atoms with Crippen LogP contribution in [0.25, 0.3) is 0 Å². The van der Waals surface area contributed by atoms with E-state index in [4.69, 9.17) is 4.74 Å². The lowest BCUT2D eigenvalue weighted by atomic mass is 10.1. The molecule has 10 heteroatoms. The van der Waals surface area contributed by atoms with Gasteiger partial charge in [0.15, 0.2) is 0 Å². The van der Waals surface area contributed by atoms with E-state index in [0.29, 0.717) is 70.3 Å². The molecule has 0 radical (unpaired) electrons. The lowest BCUT2D eigenvalue weighted by molar-refractivity contribution is -0.119. The molecule has 202 valence electrons. The lowest BCUT2D eigenvalue weighted by Gasteiger charge is -2.32. The highest BCUT2D eigenvalue weighted by molar-refractivity contribution is 6.00. The molecule has 0 unspecified atom stereocenters. The van der Waals surface area contributed by atoms with Crippen LogP contribution in [0.5, 0.6) is 0 Å². The van der Waals surface area contributed by atoms with Crippen LogP contribution in [0.2, 0.25) is 0 Å². The van der Waals surface area contributed by atoms with Crippen molar-refractivity contribution in [3.05, 3.63) is 23.8 Å². The maximum absolute atomic E-state index is 13.2. The van der Waals surface area contributed by atoms with Gasteiger partial charge in [0, 0.05) is 76.9 Å². The van der Waals surface area contributed by atoms with Crippen LogP contribution in [0.3, 0.4) is 0 Å². The SMILES string of the molecule is O=C(Nc1cc(C(=O)N2CCNCC2)ccc1N1CCCN(C(=O)N2CCOCC2)CC1)C1CCCC1. The molecule has 5 rings (SSSR count).